The molecular weight excluding hydrogens is 304 g/mol. The third-order valence-electron chi connectivity index (χ3n) is 1.92. The van der Waals surface area contributed by atoms with Crippen molar-refractivity contribution in [1.82, 2.24) is 4.98 Å². The van der Waals surface area contributed by atoms with Gasteiger partial charge in [-0.25, -0.2) is 0 Å². The summed E-state index contributed by atoms with van der Waals surface area (Å²) in [4.78, 5) is 13.9. The van der Waals surface area contributed by atoms with Gasteiger partial charge >= 0.3 is 12.5 Å². The van der Waals surface area contributed by atoms with Crippen LogP contribution in [0.2, 0.25) is 0 Å². The van der Waals surface area contributed by atoms with Crippen LogP contribution in [0.3, 0.4) is 0 Å². The molecule has 106 valence electrons. The number of hydrogen-bond donors (Lipinski definition) is 0. The molecule has 3 nitrogen and oxygen atoms in total. The second-order valence-electron chi connectivity index (χ2n) is 3.15. The molecule has 0 aliphatic heterocycles. The number of aldehydes is 1. The summed E-state index contributed by atoms with van der Waals surface area (Å²) in [5.41, 5.74) is -3.42. The first-order valence-corrected chi connectivity index (χ1v) is 4.99. The lowest BCUT2D eigenvalue weighted by Crippen LogP contribution is -2.22. The van der Waals surface area contributed by atoms with Crippen LogP contribution in [0.4, 0.5) is 26.3 Å². The topological polar surface area (TPSA) is 39.2 Å². The maximum absolute atomic E-state index is 12.7. The second-order valence-corrected chi connectivity index (χ2v) is 3.42. The standard InChI is InChI=1S/C9H4ClF6NO2/c10-1-5-4(3-18)7(8(11,12)13)6(2-17-5)19-9(14,15)16/h2-3H,1H2. The van der Waals surface area contributed by atoms with E-state index in [1.54, 1.807) is 0 Å². The fourth-order valence-corrected chi connectivity index (χ4v) is 1.49. The third-order valence-corrected chi connectivity index (χ3v) is 2.17. The Morgan fingerprint density at radius 3 is 2.21 bits per heavy atom. The molecule has 0 N–H and O–H groups in total. The smallest absolute Gasteiger partial charge is 0.403 e. The quantitative estimate of drug-likeness (QED) is 0.487. The highest BCUT2D eigenvalue weighted by Gasteiger charge is 2.42. The molecule has 0 atom stereocenters. The van der Waals surface area contributed by atoms with E-state index in [0.29, 0.717) is 0 Å². The van der Waals surface area contributed by atoms with E-state index in [4.69, 9.17) is 11.6 Å². The van der Waals surface area contributed by atoms with Crippen LogP contribution >= 0.6 is 11.6 Å². The van der Waals surface area contributed by atoms with Gasteiger partial charge in [0.1, 0.15) is 5.56 Å². The summed E-state index contributed by atoms with van der Waals surface area (Å²) in [6, 6.07) is 0. The van der Waals surface area contributed by atoms with Crippen LogP contribution in [-0.4, -0.2) is 17.6 Å². The van der Waals surface area contributed by atoms with Crippen molar-refractivity contribution in [3.63, 3.8) is 0 Å². The van der Waals surface area contributed by atoms with Crippen LogP contribution in [0.1, 0.15) is 21.6 Å². The van der Waals surface area contributed by atoms with Crippen LogP contribution in [0, 0.1) is 0 Å². The Balaban J connectivity index is 3.52. The van der Waals surface area contributed by atoms with E-state index in [1.807, 2.05) is 0 Å². The SMILES string of the molecule is O=Cc1c(CCl)ncc(OC(F)(F)F)c1C(F)(F)F. The summed E-state index contributed by atoms with van der Waals surface area (Å²) in [5, 5.41) is 0. The van der Waals surface area contributed by atoms with Crippen LogP contribution in [0.25, 0.3) is 0 Å². The zero-order valence-corrected chi connectivity index (χ0v) is 9.53. The fraction of sp³-hybridized carbons (Fsp3) is 0.333. The summed E-state index contributed by atoms with van der Waals surface area (Å²) in [6.07, 6.45) is -10.6. The van der Waals surface area contributed by atoms with Crippen molar-refractivity contribution in [2.75, 3.05) is 0 Å². The Bertz CT molecular complexity index is 485. The van der Waals surface area contributed by atoms with E-state index in [1.165, 1.54) is 0 Å². The molecule has 0 unspecified atom stereocenters. The Hall–Kier alpha value is -1.51. The summed E-state index contributed by atoms with van der Waals surface area (Å²) < 4.78 is 77.3. The van der Waals surface area contributed by atoms with Crippen LogP contribution in [-0.2, 0) is 12.1 Å². The molecule has 0 saturated heterocycles. The molecule has 0 radical (unpaired) electrons. The number of halogens is 7. The van der Waals surface area contributed by atoms with Crippen molar-refractivity contribution in [3.8, 4) is 5.75 Å². The molecule has 1 aromatic heterocycles. The summed E-state index contributed by atoms with van der Waals surface area (Å²) in [6.45, 7) is 0. The van der Waals surface area contributed by atoms with Gasteiger partial charge in [0, 0.05) is 0 Å². The maximum Gasteiger partial charge on any atom is 0.573 e. The first-order chi connectivity index (χ1) is 8.60. The minimum atomic E-state index is -5.34. The summed E-state index contributed by atoms with van der Waals surface area (Å²) in [5.74, 6) is -2.17. The number of carbonyl (C=O) groups excluding carboxylic acids is 1. The van der Waals surface area contributed by atoms with Gasteiger partial charge in [0.2, 0.25) is 0 Å². The first kappa shape index (κ1) is 15.5. The maximum atomic E-state index is 12.7. The predicted molar refractivity (Wildman–Crippen MR) is 50.9 cm³/mol. The van der Waals surface area contributed by atoms with Crippen molar-refractivity contribution in [2.24, 2.45) is 0 Å². The average molecular weight is 308 g/mol. The molecule has 0 bridgehead atoms. The summed E-state index contributed by atoms with van der Waals surface area (Å²) in [7, 11) is 0. The van der Waals surface area contributed by atoms with E-state index in [9.17, 15) is 31.1 Å². The minimum absolute atomic E-state index is 0.223. The minimum Gasteiger partial charge on any atom is -0.403 e. The number of carbonyl (C=O) groups is 1. The molecule has 0 fully saturated rings. The molecule has 0 spiro atoms. The number of hydrogen-bond acceptors (Lipinski definition) is 3. The number of alkyl halides is 7. The molecule has 1 heterocycles. The molecule has 0 saturated carbocycles. The molecule has 10 heteroatoms. The molecule has 1 rings (SSSR count). The lowest BCUT2D eigenvalue weighted by Gasteiger charge is -2.17. The molecule has 0 amide bonds. The van der Waals surface area contributed by atoms with Gasteiger partial charge in [-0.1, -0.05) is 0 Å². The molecule has 1 aromatic rings. The molecule has 0 aromatic carbocycles. The van der Waals surface area contributed by atoms with E-state index in [-0.39, 0.29) is 12.5 Å². The lowest BCUT2D eigenvalue weighted by molar-refractivity contribution is -0.276. The van der Waals surface area contributed by atoms with Gasteiger partial charge in [-0.15, -0.1) is 24.8 Å². The van der Waals surface area contributed by atoms with Gasteiger partial charge in [0.05, 0.1) is 23.3 Å². The zero-order valence-electron chi connectivity index (χ0n) is 8.77. The molecule has 0 aliphatic rings. The van der Waals surface area contributed by atoms with Crippen molar-refractivity contribution in [2.45, 2.75) is 18.4 Å². The highest BCUT2D eigenvalue weighted by Crippen LogP contribution is 2.40. The Kier molecular flexibility index (Phi) is 4.28. The Morgan fingerprint density at radius 2 is 1.84 bits per heavy atom. The third kappa shape index (κ3) is 3.72. The second kappa shape index (κ2) is 5.24. The van der Waals surface area contributed by atoms with Crippen molar-refractivity contribution in [1.29, 1.82) is 0 Å². The van der Waals surface area contributed by atoms with Crippen molar-refractivity contribution in [3.05, 3.63) is 23.0 Å². The largest absolute Gasteiger partial charge is 0.573 e. The van der Waals surface area contributed by atoms with Gasteiger partial charge in [-0.05, 0) is 0 Å². The predicted octanol–water partition coefficient (Wildman–Crippen LogP) is 3.55. The normalized spacial score (nSPS) is 12.4. The first-order valence-electron chi connectivity index (χ1n) is 4.46. The van der Waals surface area contributed by atoms with Gasteiger partial charge in [0.15, 0.2) is 12.0 Å². The van der Waals surface area contributed by atoms with Gasteiger partial charge in [0.25, 0.3) is 0 Å². The number of rotatable bonds is 3. The van der Waals surface area contributed by atoms with Crippen LogP contribution in [0.15, 0.2) is 6.20 Å². The van der Waals surface area contributed by atoms with E-state index >= 15 is 0 Å². The van der Waals surface area contributed by atoms with E-state index in [2.05, 4.69) is 9.72 Å². The molecule has 0 aliphatic carbocycles. The number of nitrogens with zero attached hydrogens (tertiary/aromatic N) is 1. The van der Waals surface area contributed by atoms with Gasteiger partial charge in [-0.2, -0.15) is 13.2 Å². The zero-order chi connectivity index (χ0) is 14.8. The number of aromatic nitrogens is 1. The highest BCUT2D eigenvalue weighted by molar-refractivity contribution is 6.17. The number of ether oxygens (including phenoxy) is 1. The van der Waals surface area contributed by atoms with Gasteiger partial charge < -0.3 is 4.74 Å². The monoisotopic (exact) mass is 307 g/mol. The summed E-state index contributed by atoms with van der Waals surface area (Å²) >= 11 is 5.27. The van der Waals surface area contributed by atoms with E-state index in [0.717, 1.165) is 0 Å². The Morgan fingerprint density at radius 1 is 1.26 bits per heavy atom. The highest BCUT2D eigenvalue weighted by atomic mass is 35.5. The van der Waals surface area contributed by atoms with Crippen molar-refractivity contribution >= 4 is 17.9 Å². The fourth-order valence-electron chi connectivity index (χ4n) is 1.28. The molecular formula is C9H4ClF6NO2. The Labute approximate surface area is 107 Å². The lowest BCUT2D eigenvalue weighted by atomic mass is 10.1. The number of pyridine rings is 1. The average Bonchev–Trinajstić information content (AvgIpc) is 2.24. The van der Waals surface area contributed by atoms with E-state index < -0.39 is 41.0 Å². The molecule has 19 heavy (non-hydrogen) atoms. The van der Waals surface area contributed by atoms with Crippen LogP contribution < -0.4 is 4.74 Å². The van der Waals surface area contributed by atoms with Crippen LogP contribution in [0.5, 0.6) is 5.75 Å². The van der Waals surface area contributed by atoms with Gasteiger partial charge in [-0.3, -0.25) is 9.78 Å². The van der Waals surface area contributed by atoms with Crippen molar-refractivity contribution < 1.29 is 35.9 Å².